The third kappa shape index (κ3) is 9.62. The lowest BCUT2D eigenvalue weighted by molar-refractivity contribution is -0.338. The van der Waals surface area contributed by atoms with E-state index in [0.717, 1.165) is 11.0 Å². The normalized spacial score (nSPS) is 38.9. The molecule has 8 N–H and O–H groups in total. The fourth-order valence-corrected chi connectivity index (χ4v) is 6.05. The monoisotopic (exact) mass is 756 g/mol. The van der Waals surface area contributed by atoms with Crippen molar-refractivity contribution in [2.24, 2.45) is 5.73 Å². The van der Waals surface area contributed by atoms with Crippen molar-refractivity contribution < 1.29 is 73.4 Å². The second-order valence-electron chi connectivity index (χ2n) is 12.4. The Morgan fingerprint density at radius 1 is 0.904 bits per heavy atom. The molecule has 4 aliphatic heterocycles. The van der Waals surface area contributed by atoms with Gasteiger partial charge in [-0.25, -0.2) is 0 Å². The van der Waals surface area contributed by atoms with Crippen LogP contribution in [0.3, 0.4) is 0 Å². The molecule has 4 aliphatic rings. The van der Waals surface area contributed by atoms with Gasteiger partial charge in [-0.1, -0.05) is 54.1 Å². The second-order valence-corrected chi connectivity index (χ2v) is 13.0. The van der Waals surface area contributed by atoms with Crippen LogP contribution in [0, 0.1) is 0 Å². The number of carbonyl (C=O) groups excluding carboxylic acids is 3. The van der Waals surface area contributed by atoms with Crippen LogP contribution < -0.4 is 5.73 Å². The van der Waals surface area contributed by atoms with E-state index in [1.807, 2.05) is 0 Å². The number of ether oxygens (including phenoxy) is 6. The first kappa shape index (κ1) is 41.5. The summed E-state index contributed by atoms with van der Waals surface area (Å²) >= 11 is 5.75. The van der Waals surface area contributed by atoms with Gasteiger partial charge in [0.2, 0.25) is 5.91 Å². The van der Waals surface area contributed by atoms with E-state index in [1.165, 1.54) is 19.3 Å². The molecule has 4 fully saturated rings. The van der Waals surface area contributed by atoms with Gasteiger partial charge < -0.3 is 64.8 Å². The van der Waals surface area contributed by atoms with E-state index in [2.05, 4.69) is 0 Å². The number of nitrogens with two attached hydrogens (primary N) is 1. The summed E-state index contributed by atoms with van der Waals surface area (Å²) in [6.45, 7) is 2.38. The zero-order valence-corrected chi connectivity index (χ0v) is 29.3. The quantitative estimate of drug-likeness (QED) is 0.0508. The SMILES string of the molecule is CO[C@@H]1[C@@H](O[C@@H]2CO[C@@H](O[C@@H]3[C@H](O)[C@H](O)CO[C@H]3N3C(=O)/C(=C(O)/C=C/C=C/C=C/C=C/C=C(/C)Cl)C(=O)[C@@H]3CC(N)=O)[C@@H](O)[C@@H]2O)O[C@H](C)[C@H]1O. The van der Waals surface area contributed by atoms with Gasteiger partial charge in [-0.2, -0.15) is 0 Å². The molecule has 52 heavy (non-hydrogen) atoms. The molecule has 288 valence electrons. The predicted molar refractivity (Wildman–Crippen MR) is 180 cm³/mol. The van der Waals surface area contributed by atoms with Crippen LogP contribution in [0.4, 0.5) is 0 Å². The van der Waals surface area contributed by atoms with Crippen LogP contribution in [0.2, 0.25) is 0 Å². The van der Waals surface area contributed by atoms with Gasteiger partial charge in [0.25, 0.3) is 5.91 Å². The van der Waals surface area contributed by atoms with Crippen molar-refractivity contribution in [3.05, 3.63) is 71.0 Å². The second kappa shape index (κ2) is 18.6. The van der Waals surface area contributed by atoms with Gasteiger partial charge in [-0.3, -0.25) is 19.3 Å². The Bertz CT molecular complexity index is 1480. The molecule has 4 heterocycles. The summed E-state index contributed by atoms with van der Waals surface area (Å²) in [6, 6.07) is -1.61. The lowest BCUT2D eigenvalue weighted by Gasteiger charge is -2.46. The molecule has 0 aromatic rings. The lowest BCUT2D eigenvalue weighted by atomic mass is 10.0. The molecule has 4 saturated heterocycles. The molecule has 0 aromatic heterocycles. The Balaban J connectivity index is 1.52. The average molecular weight is 757 g/mol. The van der Waals surface area contributed by atoms with Crippen molar-refractivity contribution in [3.8, 4) is 0 Å². The number of ketones is 1. The smallest absolute Gasteiger partial charge is 0.264 e. The number of rotatable bonds is 13. The standard InChI is InChI=1S/C34H45ClN2O15/c1-16(35)11-9-7-5-4-6-8-10-12-19(38)23-25(42)18(13-22(36)40)37(31(23)46)32-29(26(43)20(39)14-48-32)52-33-28(45)27(44)21(15-49-33)51-34-30(47-3)24(41)17(2)50-34/h4-12,17-18,20-21,24,26-30,32-34,38-39,41,43-45H,13-15H2,1-3H3,(H2,36,40)/b5-4+,8-6+,9-7+,12-10+,16-11-,23-19-/t17-,18+,20-,21-,24-,26-,27-,28+,29-,30+,32-,33+,34-/m1/s1. The zero-order chi connectivity index (χ0) is 38.3. The number of primary amides is 1. The van der Waals surface area contributed by atoms with Gasteiger partial charge in [0.1, 0.15) is 66.2 Å². The maximum absolute atomic E-state index is 13.8. The van der Waals surface area contributed by atoms with Gasteiger partial charge in [-0.15, -0.1) is 0 Å². The van der Waals surface area contributed by atoms with Crippen molar-refractivity contribution in [1.82, 2.24) is 4.90 Å². The number of halogens is 1. The minimum Gasteiger partial charge on any atom is -0.507 e. The topological polar surface area (TPSA) is 257 Å². The van der Waals surface area contributed by atoms with E-state index in [1.54, 1.807) is 50.3 Å². The Labute approximate surface area is 304 Å². The minimum absolute atomic E-state index is 0.398. The van der Waals surface area contributed by atoms with Crippen molar-refractivity contribution in [2.75, 3.05) is 20.3 Å². The molecular weight excluding hydrogens is 712 g/mol. The number of methoxy groups -OCH3 is 1. The number of Topliss-reactive ketones (excluding diaryl/α,β-unsaturated/α-hetero) is 1. The van der Waals surface area contributed by atoms with E-state index < -0.39 is 128 Å². The number of nitrogens with zero attached hydrogens (tertiary/aromatic N) is 1. The molecule has 0 saturated carbocycles. The van der Waals surface area contributed by atoms with E-state index in [-0.39, 0.29) is 0 Å². The van der Waals surface area contributed by atoms with Gasteiger partial charge in [-0.05, 0) is 26.0 Å². The van der Waals surface area contributed by atoms with Gasteiger partial charge >= 0.3 is 0 Å². The van der Waals surface area contributed by atoms with Gasteiger partial charge in [0.15, 0.2) is 24.6 Å². The Hall–Kier alpha value is -3.30. The van der Waals surface area contributed by atoms with Crippen LogP contribution in [0.5, 0.6) is 0 Å². The van der Waals surface area contributed by atoms with Crippen LogP contribution in [-0.4, -0.2) is 153 Å². The number of hydrogen-bond acceptors (Lipinski definition) is 15. The van der Waals surface area contributed by atoms with Crippen LogP contribution >= 0.6 is 11.6 Å². The fourth-order valence-electron chi connectivity index (χ4n) is 5.97. The molecule has 13 atom stereocenters. The van der Waals surface area contributed by atoms with E-state index in [9.17, 15) is 45.0 Å². The number of aliphatic hydroxyl groups is 6. The summed E-state index contributed by atoms with van der Waals surface area (Å²) in [6.07, 6.45) is -3.53. The molecule has 0 unspecified atom stereocenters. The summed E-state index contributed by atoms with van der Waals surface area (Å²) in [5.74, 6) is -3.79. The van der Waals surface area contributed by atoms with Crippen LogP contribution in [0.25, 0.3) is 0 Å². The third-order valence-electron chi connectivity index (χ3n) is 8.70. The maximum Gasteiger partial charge on any atom is 0.264 e. The number of allylic oxidation sites excluding steroid dienone is 10. The number of likely N-dealkylation sites (tertiary alicyclic amines) is 1. The molecule has 18 heteroatoms. The minimum atomic E-state index is -1.84. The van der Waals surface area contributed by atoms with Gasteiger partial charge in [0.05, 0.1) is 25.7 Å². The lowest BCUT2D eigenvalue weighted by Crippen LogP contribution is -2.65. The van der Waals surface area contributed by atoms with Crippen molar-refractivity contribution in [1.29, 1.82) is 0 Å². The molecular formula is C34H45ClN2O15. The molecule has 0 aromatic carbocycles. The highest BCUT2D eigenvalue weighted by Gasteiger charge is 2.56. The highest BCUT2D eigenvalue weighted by molar-refractivity contribution is 6.29. The Morgan fingerprint density at radius 3 is 2.19 bits per heavy atom. The Morgan fingerprint density at radius 2 is 1.56 bits per heavy atom. The number of carbonyl (C=O) groups is 3. The van der Waals surface area contributed by atoms with Gasteiger partial charge in [0, 0.05) is 12.1 Å². The molecule has 4 rings (SSSR count). The molecule has 0 aliphatic carbocycles. The fraction of sp³-hybridized carbons (Fsp3) is 0.559. The third-order valence-corrected chi connectivity index (χ3v) is 8.82. The Kier molecular flexibility index (Phi) is 14.9. The molecule has 0 radical (unpaired) electrons. The average Bonchev–Trinajstić information content (AvgIpc) is 3.49. The predicted octanol–water partition coefficient (Wildman–Crippen LogP) is -1.13. The molecule has 0 spiro atoms. The van der Waals surface area contributed by atoms with E-state index in [4.69, 9.17) is 45.8 Å². The molecule has 2 amide bonds. The van der Waals surface area contributed by atoms with Crippen LogP contribution in [0.15, 0.2) is 71.0 Å². The van der Waals surface area contributed by atoms with Crippen molar-refractivity contribution in [3.63, 3.8) is 0 Å². The summed E-state index contributed by atoms with van der Waals surface area (Å²) in [7, 11) is 1.34. The van der Waals surface area contributed by atoms with Crippen LogP contribution in [0.1, 0.15) is 20.3 Å². The first-order chi connectivity index (χ1) is 24.7. The van der Waals surface area contributed by atoms with Crippen molar-refractivity contribution in [2.45, 2.75) is 100 Å². The van der Waals surface area contributed by atoms with E-state index in [0.29, 0.717) is 5.03 Å². The molecule has 0 bridgehead atoms. The number of hydrogen-bond donors (Lipinski definition) is 7. The summed E-state index contributed by atoms with van der Waals surface area (Å²) in [4.78, 5) is 40.1. The number of amides is 2. The molecule has 17 nitrogen and oxygen atoms in total. The highest BCUT2D eigenvalue weighted by atomic mass is 35.5. The largest absolute Gasteiger partial charge is 0.507 e. The summed E-state index contributed by atoms with van der Waals surface area (Å²) < 4.78 is 33.6. The maximum atomic E-state index is 13.8. The highest BCUT2D eigenvalue weighted by Crippen LogP contribution is 2.35. The first-order valence-corrected chi connectivity index (χ1v) is 16.8. The van der Waals surface area contributed by atoms with E-state index >= 15 is 0 Å². The van der Waals surface area contributed by atoms with Crippen molar-refractivity contribution >= 4 is 29.2 Å². The first-order valence-electron chi connectivity index (χ1n) is 16.4. The number of aliphatic hydroxyl groups excluding tert-OH is 6. The zero-order valence-electron chi connectivity index (χ0n) is 28.6. The van der Waals surface area contributed by atoms with Crippen LogP contribution in [-0.2, 0) is 42.8 Å². The summed E-state index contributed by atoms with van der Waals surface area (Å²) in [5, 5.41) is 65.0. The summed E-state index contributed by atoms with van der Waals surface area (Å²) in [5.41, 5.74) is 4.70.